The molecule has 0 N–H and O–H groups in total. The van der Waals surface area contributed by atoms with Crippen LogP contribution in [0.2, 0.25) is 0 Å². The third kappa shape index (κ3) is 2.83. The van der Waals surface area contributed by atoms with Gasteiger partial charge in [-0.05, 0) is 24.5 Å². The highest BCUT2D eigenvalue weighted by molar-refractivity contribution is 9.08. The number of benzene rings is 1. The minimum atomic E-state index is 0.870. The molecule has 1 aromatic carbocycles. The fraction of sp³-hybridized carbons (Fsp3) is 0.400. The molecule has 0 spiro atoms. The summed E-state index contributed by atoms with van der Waals surface area (Å²) in [4.78, 5) is 0. The third-order valence-electron chi connectivity index (χ3n) is 3.25. The summed E-state index contributed by atoms with van der Waals surface area (Å²) in [6.45, 7) is 5.24. The van der Waals surface area contributed by atoms with Crippen LogP contribution in [0.5, 0.6) is 0 Å². The molecule has 0 aliphatic carbocycles. The molecule has 2 aromatic rings. The first kappa shape index (κ1) is 13.3. The molecule has 0 amide bonds. The van der Waals surface area contributed by atoms with Crippen LogP contribution in [0.25, 0.3) is 0 Å². The van der Waals surface area contributed by atoms with E-state index in [1.165, 1.54) is 22.4 Å². The molecule has 2 nitrogen and oxygen atoms in total. The number of aromatic nitrogens is 2. The van der Waals surface area contributed by atoms with Crippen LogP contribution < -0.4 is 0 Å². The molecule has 0 atom stereocenters. The molecule has 96 valence electrons. The zero-order valence-electron chi connectivity index (χ0n) is 11.0. The van der Waals surface area contributed by atoms with E-state index in [2.05, 4.69) is 63.8 Å². The number of alkyl halides is 1. The van der Waals surface area contributed by atoms with Crippen LogP contribution in [-0.2, 0) is 18.3 Å². The summed E-state index contributed by atoms with van der Waals surface area (Å²) < 4.78 is 2.14. The Bertz CT molecular complexity index is 517. The lowest BCUT2D eigenvalue weighted by molar-refractivity contribution is 0.634. The molecule has 0 radical (unpaired) electrons. The fourth-order valence-electron chi connectivity index (χ4n) is 2.17. The van der Waals surface area contributed by atoms with E-state index in [4.69, 9.17) is 0 Å². The molecular formula is C15H19BrN2. The van der Waals surface area contributed by atoms with Crippen molar-refractivity contribution in [3.8, 4) is 0 Å². The van der Waals surface area contributed by atoms with Crippen molar-refractivity contribution in [3.63, 3.8) is 0 Å². The van der Waals surface area contributed by atoms with Gasteiger partial charge in [0.1, 0.15) is 0 Å². The van der Waals surface area contributed by atoms with Crippen molar-refractivity contribution in [2.45, 2.75) is 38.6 Å². The molecule has 3 heteroatoms. The van der Waals surface area contributed by atoms with Gasteiger partial charge in [0, 0.05) is 16.6 Å². The van der Waals surface area contributed by atoms with Crippen LogP contribution >= 0.6 is 15.9 Å². The van der Waals surface area contributed by atoms with Gasteiger partial charge in [0.05, 0.1) is 12.7 Å². The molecular weight excluding hydrogens is 288 g/mol. The molecule has 2 rings (SSSR count). The maximum Gasteiger partial charge on any atom is 0.0665 e. The standard InChI is InChI=1S/C15H19BrN2/c1-3-6-15-14(9-16)10-17-18(15)11-13-8-5-4-7-12(13)2/h4-5,7-8,10H,3,6,9,11H2,1-2H3. The van der Waals surface area contributed by atoms with Gasteiger partial charge < -0.3 is 0 Å². The van der Waals surface area contributed by atoms with Crippen LogP contribution in [0.4, 0.5) is 0 Å². The van der Waals surface area contributed by atoms with E-state index in [0.29, 0.717) is 0 Å². The fourth-order valence-corrected chi connectivity index (χ4v) is 2.64. The Balaban J connectivity index is 2.29. The highest BCUT2D eigenvalue weighted by Crippen LogP contribution is 2.17. The lowest BCUT2D eigenvalue weighted by Crippen LogP contribution is -2.08. The highest BCUT2D eigenvalue weighted by Gasteiger charge is 2.10. The smallest absolute Gasteiger partial charge is 0.0665 e. The van der Waals surface area contributed by atoms with Crippen molar-refractivity contribution >= 4 is 15.9 Å². The molecule has 0 fully saturated rings. The Hall–Kier alpha value is -1.09. The summed E-state index contributed by atoms with van der Waals surface area (Å²) in [7, 11) is 0. The normalized spacial score (nSPS) is 10.8. The second-order valence-electron chi connectivity index (χ2n) is 4.58. The van der Waals surface area contributed by atoms with E-state index < -0.39 is 0 Å². The van der Waals surface area contributed by atoms with Crippen molar-refractivity contribution < 1.29 is 0 Å². The van der Waals surface area contributed by atoms with Crippen LogP contribution in [0.1, 0.15) is 35.7 Å². The van der Waals surface area contributed by atoms with Gasteiger partial charge in [-0.2, -0.15) is 5.10 Å². The van der Waals surface area contributed by atoms with E-state index in [9.17, 15) is 0 Å². The number of rotatable bonds is 5. The molecule has 0 bridgehead atoms. The maximum atomic E-state index is 4.53. The van der Waals surface area contributed by atoms with Crippen LogP contribution in [-0.4, -0.2) is 9.78 Å². The maximum absolute atomic E-state index is 4.53. The predicted molar refractivity (Wildman–Crippen MR) is 79.1 cm³/mol. The number of aryl methyl sites for hydroxylation is 1. The van der Waals surface area contributed by atoms with Crippen LogP contribution in [0.3, 0.4) is 0 Å². The van der Waals surface area contributed by atoms with Gasteiger partial charge in [-0.15, -0.1) is 0 Å². The average molecular weight is 307 g/mol. The Kier molecular flexibility index (Phi) is 4.59. The highest BCUT2D eigenvalue weighted by atomic mass is 79.9. The van der Waals surface area contributed by atoms with E-state index in [-0.39, 0.29) is 0 Å². The molecule has 0 aliphatic rings. The van der Waals surface area contributed by atoms with Gasteiger partial charge in [0.2, 0.25) is 0 Å². The summed E-state index contributed by atoms with van der Waals surface area (Å²) in [5.74, 6) is 0. The monoisotopic (exact) mass is 306 g/mol. The van der Waals surface area contributed by atoms with Gasteiger partial charge in [-0.25, -0.2) is 0 Å². The minimum absolute atomic E-state index is 0.870. The van der Waals surface area contributed by atoms with Crippen LogP contribution in [0, 0.1) is 6.92 Å². The van der Waals surface area contributed by atoms with Gasteiger partial charge >= 0.3 is 0 Å². The summed E-state index contributed by atoms with van der Waals surface area (Å²) in [5, 5.41) is 5.41. The Labute approximate surface area is 117 Å². The zero-order valence-corrected chi connectivity index (χ0v) is 12.6. The third-order valence-corrected chi connectivity index (χ3v) is 3.85. The largest absolute Gasteiger partial charge is 0.265 e. The van der Waals surface area contributed by atoms with Gasteiger partial charge in [-0.1, -0.05) is 53.5 Å². The Morgan fingerprint density at radius 1 is 1.22 bits per heavy atom. The number of nitrogens with zero attached hydrogens (tertiary/aromatic N) is 2. The number of hydrogen-bond acceptors (Lipinski definition) is 1. The number of halogens is 1. The van der Waals surface area contributed by atoms with Crippen molar-refractivity contribution in [1.29, 1.82) is 0 Å². The van der Waals surface area contributed by atoms with Crippen molar-refractivity contribution in [2.75, 3.05) is 0 Å². The van der Waals surface area contributed by atoms with Crippen LogP contribution in [0.15, 0.2) is 30.5 Å². The lowest BCUT2D eigenvalue weighted by Gasteiger charge is -2.10. The first-order valence-corrected chi connectivity index (χ1v) is 7.52. The first-order valence-electron chi connectivity index (χ1n) is 6.40. The second-order valence-corrected chi connectivity index (χ2v) is 5.15. The molecule has 1 aromatic heterocycles. The predicted octanol–water partition coefficient (Wildman–Crippen LogP) is 4.09. The molecule has 1 heterocycles. The average Bonchev–Trinajstić information content (AvgIpc) is 2.75. The first-order chi connectivity index (χ1) is 8.76. The minimum Gasteiger partial charge on any atom is -0.265 e. The SMILES string of the molecule is CCCc1c(CBr)cnn1Cc1ccccc1C. The summed E-state index contributed by atoms with van der Waals surface area (Å²) >= 11 is 3.54. The summed E-state index contributed by atoms with van der Waals surface area (Å²) in [6, 6.07) is 8.51. The van der Waals surface area contributed by atoms with E-state index in [1.54, 1.807) is 0 Å². The summed E-state index contributed by atoms with van der Waals surface area (Å²) in [5.41, 5.74) is 5.35. The topological polar surface area (TPSA) is 17.8 Å². The summed E-state index contributed by atoms with van der Waals surface area (Å²) in [6.07, 6.45) is 4.23. The Morgan fingerprint density at radius 3 is 2.67 bits per heavy atom. The molecule has 0 aliphatic heterocycles. The van der Waals surface area contributed by atoms with E-state index in [1.807, 2.05) is 6.20 Å². The number of hydrogen-bond donors (Lipinski definition) is 0. The Morgan fingerprint density at radius 2 is 2.00 bits per heavy atom. The second kappa shape index (κ2) is 6.19. The van der Waals surface area contributed by atoms with Crippen molar-refractivity contribution in [1.82, 2.24) is 9.78 Å². The van der Waals surface area contributed by atoms with Crippen molar-refractivity contribution in [2.24, 2.45) is 0 Å². The molecule has 18 heavy (non-hydrogen) atoms. The van der Waals surface area contributed by atoms with E-state index in [0.717, 1.165) is 24.7 Å². The quantitative estimate of drug-likeness (QED) is 0.761. The van der Waals surface area contributed by atoms with Gasteiger partial charge in [0.15, 0.2) is 0 Å². The molecule has 0 unspecified atom stereocenters. The van der Waals surface area contributed by atoms with E-state index >= 15 is 0 Å². The van der Waals surface area contributed by atoms with Gasteiger partial charge in [0.25, 0.3) is 0 Å². The van der Waals surface area contributed by atoms with Gasteiger partial charge in [-0.3, -0.25) is 4.68 Å². The zero-order chi connectivity index (χ0) is 13.0. The molecule has 0 saturated carbocycles. The lowest BCUT2D eigenvalue weighted by atomic mass is 10.1. The molecule has 0 saturated heterocycles. The van der Waals surface area contributed by atoms with Crippen molar-refractivity contribution in [3.05, 3.63) is 52.8 Å².